The van der Waals surface area contributed by atoms with Gasteiger partial charge in [0.15, 0.2) is 0 Å². The van der Waals surface area contributed by atoms with E-state index in [1.165, 1.54) is 24.3 Å². The van der Waals surface area contributed by atoms with E-state index >= 15 is 0 Å². The number of ketones is 1. The van der Waals surface area contributed by atoms with Crippen molar-refractivity contribution in [2.75, 3.05) is 13.1 Å². The fourth-order valence-electron chi connectivity index (χ4n) is 3.62. The molecule has 0 radical (unpaired) electrons. The summed E-state index contributed by atoms with van der Waals surface area (Å²) in [6, 6.07) is 0.511. The van der Waals surface area contributed by atoms with E-state index in [4.69, 9.17) is 5.11 Å². The fraction of sp³-hybridized carbons (Fsp3) is 0.478. The summed E-state index contributed by atoms with van der Waals surface area (Å²) in [6.07, 6.45) is -4.73. The third-order valence-electron chi connectivity index (χ3n) is 5.63. The predicted molar refractivity (Wildman–Crippen MR) is 121 cm³/mol. The maximum Gasteiger partial charge on any atom is 0.452 e. The smallest absolute Gasteiger partial charge is 0.452 e. The van der Waals surface area contributed by atoms with Crippen molar-refractivity contribution in [3.8, 4) is 0 Å². The number of halogens is 3. The molecule has 1 aromatic rings. The number of alkyl halides is 3. The van der Waals surface area contributed by atoms with Crippen molar-refractivity contribution in [1.82, 2.24) is 20.9 Å². The summed E-state index contributed by atoms with van der Waals surface area (Å²) in [5.74, 6) is -6.94. The first-order chi connectivity index (χ1) is 17.2. The number of hydrogen-bond acceptors (Lipinski definition) is 7. The Hall–Kier alpha value is -3.81. The highest BCUT2D eigenvalue weighted by atomic mass is 19.4. The van der Waals surface area contributed by atoms with Crippen LogP contribution in [-0.2, 0) is 19.2 Å². The molecular weight excluding hydrogens is 501 g/mol. The molecule has 0 aromatic heterocycles. The Bertz CT molecular complexity index is 1050. The van der Waals surface area contributed by atoms with Crippen LogP contribution in [0.25, 0.3) is 0 Å². The van der Waals surface area contributed by atoms with Crippen LogP contribution >= 0.6 is 0 Å². The molecule has 1 unspecified atom stereocenters. The Morgan fingerprint density at radius 2 is 1.62 bits per heavy atom. The molecule has 0 bridgehead atoms. The second kappa shape index (κ2) is 12.4. The SMILES string of the molecule is CC(C(=O)C(F)(F)F)N(C(=O)[C@H](C)NC(=O)c1ccc(C(=O)NCCC(=O)O)cc1)C(=O)[C@@H]1CCCN1. The number of carboxylic acid groups (broad SMARTS) is 1. The van der Waals surface area contributed by atoms with Crippen LogP contribution in [0.3, 0.4) is 0 Å². The summed E-state index contributed by atoms with van der Waals surface area (Å²) in [7, 11) is 0. The van der Waals surface area contributed by atoms with Gasteiger partial charge in [-0.15, -0.1) is 0 Å². The third kappa shape index (κ3) is 7.84. The molecule has 0 spiro atoms. The highest BCUT2D eigenvalue weighted by Gasteiger charge is 2.48. The van der Waals surface area contributed by atoms with E-state index in [-0.39, 0.29) is 35.4 Å². The van der Waals surface area contributed by atoms with Crippen molar-refractivity contribution in [3.63, 3.8) is 0 Å². The molecule has 11 nitrogen and oxygen atoms in total. The number of rotatable bonds is 10. The molecule has 1 aliphatic heterocycles. The van der Waals surface area contributed by atoms with Crippen molar-refractivity contribution in [3.05, 3.63) is 35.4 Å². The second-order valence-corrected chi connectivity index (χ2v) is 8.41. The lowest BCUT2D eigenvalue weighted by Gasteiger charge is -2.31. The van der Waals surface area contributed by atoms with Crippen LogP contribution in [0.5, 0.6) is 0 Å². The molecule has 1 aliphatic rings. The zero-order valence-electron chi connectivity index (χ0n) is 20.1. The summed E-state index contributed by atoms with van der Waals surface area (Å²) in [4.78, 5) is 73.1. The number of aliphatic carboxylic acids is 1. The molecule has 1 heterocycles. The molecule has 37 heavy (non-hydrogen) atoms. The van der Waals surface area contributed by atoms with Crippen LogP contribution in [0.2, 0.25) is 0 Å². The van der Waals surface area contributed by atoms with E-state index in [1.54, 1.807) is 0 Å². The van der Waals surface area contributed by atoms with Gasteiger partial charge in [0.1, 0.15) is 12.1 Å². The first-order valence-corrected chi connectivity index (χ1v) is 11.4. The van der Waals surface area contributed by atoms with Crippen LogP contribution in [0.4, 0.5) is 13.2 Å². The Balaban J connectivity index is 2.13. The summed E-state index contributed by atoms with van der Waals surface area (Å²) >= 11 is 0. The average Bonchev–Trinajstić information content (AvgIpc) is 3.37. The maximum absolute atomic E-state index is 13.1. The first kappa shape index (κ1) is 29.4. The molecular formula is C23H27F3N4O7. The van der Waals surface area contributed by atoms with E-state index in [9.17, 15) is 41.9 Å². The van der Waals surface area contributed by atoms with Gasteiger partial charge < -0.3 is 21.1 Å². The van der Waals surface area contributed by atoms with Crippen LogP contribution in [-0.4, -0.2) is 82.8 Å². The molecule has 1 fully saturated rings. The molecule has 1 aromatic carbocycles. The molecule has 4 N–H and O–H groups in total. The lowest BCUT2D eigenvalue weighted by molar-refractivity contribution is -0.179. The molecule has 3 atom stereocenters. The predicted octanol–water partition coefficient (Wildman–Crippen LogP) is 0.637. The summed E-state index contributed by atoms with van der Waals surface area (Å²) < 4.78 is 39.2. The molecule has 0 aliphatic carbocycles. The first-order valence-electron chi connectivity index (χ1n) is 11.4. The van der Waals surface area contributed by atoms with Gasteiger partial charge in [-0.25, -0.2) is 0 Å². The average molecular weight is 528 g/mol. The van der Waals surface area contributed by atoms with Gasteiger partial charge in [0.25, 0.3) is 23.5 Å². The van der Waals surface area contributed by atoms with E-state index < -0.39 is 59.7 Å². The van der Waals surface area contributed by atoms with Crippen LogP contribution in [0, 0.1) is 0 Å². The lowest BCUT2D eigenvalue weighted by atomic mass is 10.1. The highest BCUT2D eigenvalue weighted by molar-refractivity contribution is 6.07. The van der Waals surface area contributed by atoms with Gasteiger partial charge in [-0.05, 0) is 57.5 Å². The van der Waals surface area contributed by atoms with Crippen LogP contribution in [0.15, 0.2) is 24.3 Å². The van der Waals surface area contributed by atoms with Gasteiger partial charge >= 0.3 is 12.1 Å². The van der Waals surface area contributed by atoms with Crippen molar-refractivity contribution < 1.29 is 47.0 Å². The summed E-state index contributed by atoms with van der Waals surface area (Å²) in [5, 5.41) is 16.1. The normalized spacial score (nSPS) is 16.8. The second-order valence-electron chi connectivity index (χ2n) is 8.41. The zero-order valence-corrected chi connectivity index (χ0v) is 20.1. The van der Waals surface area contributed by atoms with E-state index in [0.29, 0.717) is 13.0 Å². The highest BCUT2D eigenvalue weighted by Crippen LogP contribution is 2.22. The number of imide groups is 1. The number of amides is 4. The molecule has 1 saturated heterocycles. The number of carboxylic acids is 1. The van der Waals surface area contributed by atoms with Crippen LogP contribution < -0.4 is 16.0 Å². The monoisotopic (exact) mass is 528 g/mol. The molecule has 4 amide bonds. The Kier molecular flexibility index (Phi) is 9.88. The van der Waals surface area contributed by atoms with Gasteiger partial charge in [-0.2, -0.15) is 13.2 Å². The summed E-state index contributed by atoms with van der Waals surface area (Å²) in [5.41, 5.74) is 0.128. The Morgan fingerprint density at radius 1 is 1.05 bits per heavy atom. The number of benzene rings is 1. The maximum atomic E-state index is 13.1. The summed E-state index contributed by atoms with van der Waals surface area (Å²) in [6.45, 7) is 2.28. The van der Waals surface area contributed by atoms with Gasteiger partial charge in [-0.3, -0.25) is 33.7 Å². The van der Waals surface area contributed by atoms with Gasteiger partial charge in [-0.1, -0.05) is 0 Å². The van der Waals surface area contributed by atoms with Crippen molar-refractivity contribution >= 4 is 35.4 Å². The molecule has 14 heteroatoms. The molecule has 2 rings (SSSR count). The largest absolute Gasteiger partial charge is 0.481 e. The number of hydrogen-bond donors (Lipinski definition) is 4. The minimum absolute atomic E-state index is 0.00325. The number of Topliss-reactive ketones (excluding diaryl/α,β-unsaturated/α-hetero) is 1. The zero-order chi connectivity index (χ0) is 27.9. The van der Waals surface area contributed by atoms with Gasteiger partial charge in [0.05, 0.1) is 12.5 Å². The number of nitrogens with one attached hydrogen (secondary N) is 3. The number of carbonyl (C=O) groups excluding carboxylic acids is 5. The number of nitrogens with zero attached hydrogens (tertiary/aromatic N) is 1. The lowest BCUT2D eigenvalue weighted by Crippen LogP contribution is -2.59. The topological polar surface area (TPSA) is 162 Å². The fourth-order valence-corrected chi connectivity index (χ4v) is 3.62. The van der Waals surface area contributed by atoms with E-state index in [1.807, 2.05) is 0 Å². The number of carbonyl (C=O) groups is 6. The van der Waals surface area contributed by atoms with Crippen molar-refractivity contribution in [2.24, 2.45) is 0 Å². The Labute approximate surface area is 209 Å². The third-order valence-corrected chi connectivity index (χ3v) is 5.63. The minimum Gasteiger partial charge on any atom is -0.481 e. The minimum atomic E-state index is -5.28. The quantitative estimate of drug-likeness (QED) is 0.344. The van der Waals surface area contributed by atoms with Crippen molar-refractivity contribution in [2.45, 2.75) is 57.4 Å². The standard InChI is InChI=1S/C23H27F3N4O7/c1-12(29-20(35)15-7-5-14(6-8-15)19(34)28-11-9-17(31)32)21(36)30(13(2)18(33)23(24,25)26)22(37)16-4-3-10-27-16/h5-8,12-13,16,27H,3-4,9-11H2,1-2H3,(H,28,34)(H,29,35)(H,31,32)/t12-,13?,16-/m0/s1. The Morgan fingerprint density at radius 3 is 2.11 bits per heavy atom. The molecule has 0 saturated carbocycles. The van der Waals surface area contributed by atoms with Crippen LogP contribution in [0.1, 0.15) is 53.8 Å². The van der Waals surface area contributed by atoms with Gasteiger partial charge in [0.2, 0.25) is 5.91 Å². The van der Waals surface area contributed by atoms with E-state index in [0.717, 1.165) is 13.8 Å². The van der Waals surface area contributed by atoms with Gasteiger partial charge in [0, 0.05) is 17.7 Å². The van der Waals surface area contributed by atoms with E-state index in [2.05, 4.69) is 16.0 Å². The molecule has 202 valence electrons. The van der Waals surface area contributed by atoms with Crippen molar-refractivity contribution in [1.29, 1.82) is 0 Å².